The molecule has 0 saturated carbocycles. The Morgan fingerprint density at radius 2 is 2.07 bits per heavy atom. The lowest BCUT2D eigenvalue weighted by Gasteiger charge is -2.25. The molecule has 1 aliphatic rings. The van der Waals surface area contributed by atoms with Crippen LogP contribution in [-0.4, -0.2) is 25.6 Å². The van der Waals surface area contributed by atoms with E-state index in [1.807, 2.05) is 6.07 Å². The van der Waals surface area contributed by atoms with Crippen LogP contribution in [0, 0.1) is 0 Å². The van der Waals surface area contributed by atoms with Crippen molar-refractivity contribution in [1.29, 1.82) is 0 Å². The summed E-state index contributed by atoms with van der Waals surface area (Å²) in [7, 11) is 3.79. The normalized spacial score (nSPS) is 15.3. The second kappa shape index (κ2) is 4.73. The van der Waals surface area contributed by atoms with Crippen molar-refractivity contribution in [3.63, 3.8) is 0 Å². The predicted molar refractivity (Wildman–Crippen MR) is 64.7 cm³/mol. The summed E-state index contributed by atoms with van der Waals surface area (Å²) in [5.74, 6) is 0.799. The maximum atomic E-state index is 5.86. The quantitative estimate of drug-likeness (QED) is 0.744. The fraction of sp³-hybridized carbons (Fsp3) is 0.455. The molecule has 4 heteroatoms. The number of hydrogen-bond donors (Lipinski definition) is 1. The first-order valence-corrected chi connectivity index (χ1v) is 4.84. The smallest absolute Gasteiger partial charge is 0.142 e. The third-order valence-electron chi connectivity index (χ3n) is 2.76. The van der Waals surface area contributed by atoms with Gasteiger partial charge in [-0.3, -0.25) is 0 Å². The monoisotopic (exact) mass is 228 g/mol. The summed E-state index contributed by atoms with van der Waals surface area (Å²) in [5, 5.41) is 0. The highest BCUT2D eigenvalue weighted by atomic mass is 35.5. The molecule has 0 fully saturated rings. The summed E-state index contributed by atoms with van der Waals surface area (Å²) in [6, 6.07) is 4.10. The molecule has 0 spiro atoms. The molecule has 15 heavy (non-hydrogen) atoms. The summed E-state index contributed by atoms with van der Waals surface area (Å²) < 4.78 is 5.20. The molecule has 1 aliphatic heterocycles. The number of likely N-dealkylation sites (N-methyl/N-ethyl adjacent to an activating group) is 1. The molecule has 1 aromatic rings. The van der Waals surface area contributed by atoms with Gasteiger partial charge in [0.05, 0.1) is 12.8 Å². The Bertz CT molecular complexity index is 355. The fourth-order valence-electron chi connectivity index (χ4n) is 1.92. The Hall–Kier alpha value is -0.930. The van der Waals surface area contributed by atoms with E-state index in [-0.39, 0.29) is 12.4 Å². The van der Waals surface area contributed by atoms with Crippen molar-refractivity contribution in [2.24, 2.45) is 0 Å². The minimum atomic E-state index is 0. The molecule has 1 heterocycles. The lowest BCUT2D eigenvalue weighted by atomic mass is 9.99. The Morgan fingerprint density at radius 1 is 1.33 bits per heavy atom. The zero-order valence-corrected chi connectivity index (χ0v) is 9.93. The van der Waals surface area contributed by atoms with Gasteiger partial charge in [-0.15, -0.1) is 12.4 Å². The molecule has 0 unspecified atom stereocenters. The maximum absolute atomic E-state index is 5.86. The number of ether oxygens (including phenoxy) is 1. The van der Waals surface area contributed by atoms with Crippen LogP contribution in [-0.2, 0) is 13.0 Å². The van der Waals surface area contributed by atoms with E-state index >= 15 is 0 Å². The van der Waals surface area contributed by atoms with Gasteiger partial charge in [0.15, 0.2) is 0 Å². The first-order chi connectivity index (χ1) is 6.70. The number of nitrogens with two attached hydrogens (primary N) is 1. The summed E-state index contributed by atoms with van der Waals surface area (Å²) >= 11 is 0. The number of fused-ring (bicyclic) bond motifs is 1. The van der Waals surface area contributed by atoms with Gasteiger partial charge in [-0.25, -0.2) is 0 Å². The van der Waals surface area contributed by atoms with Crippen LogP contribution in [0.1, 0.15) is 11.1 Å². The van der Waals surface area contributed by atoms with Crippen molar-refractivity contribution in [2.75, 3.05) is 26.4 Å². The average Bonchev–Trinajstić information content (AvgIpc) is 2.16. The maximum Gasteiger partial charge on any atom is 0.142 e. The van der Waals surface area contributed by atoms with E-state index in [4.69, 9.17) is 10.5 Å². The molecule has 2 rings (SSSR count). The van der Waals surface area contributed by atoms with E-state index in [0.717, 1.165) is 30.9 Å². The molecule has 0 atom stereocenters. The summed E-state index contributed by atoms with van der Waals surface area (Å²) in [5.41, 5.74) is 9.29. The standard InChI is InChI=1S/C11H16N2O.ClH/c1-13-4-3-8-6-11(14-2)10(12)5-9(8)7-13;/h5-6H,3-4,7,12H2,1-2H3;1H. The number of rotatable bonds is 1. The highest BCUT2D eigenvalue weighted by Gasteiger charge is 2.15. The molecule has 0 radical (unpaired) electrons. The van der Waals surface area contributed by atoms with Crippen LogP contribution in [0.25, 0.3) is 0 Å². The first kappa shape index (κ1) is 12.1. The zero-order chi connectivity index (χ0) is 10.1. The number of methoxy groups -OCH3 is 1. The molecule has 1 aromatic carbocycles. The van der Waals surface area contributed by atoms with Crippen molar-refractivity contribution in [3.05, 3.63) is 23.3 Å². The Balaban J connectivity index is 0.00000112. The van der Waals surface area contributed by atoms with Crippen molar-refractivity contribution in [2.45, 2.75) is 13.0 Å². The van der Waals surface area contributed by atoms with Gasteiger partial charge >= 0.3 is 0 Å². The third kappa shape index (κ3) is 2.36. The van der Waals surface area contributed by atoms with Gasteiger partial charge in [-0.05, 0) is 36.7 Å². The summed E-state index contributed by atoms with van der Waals surface area (Å²) in [4.78, 5) is 2.30. The van der Waals surface area contributed by atoms with Crippen LogP contribution in [0.2, 0.25) is 0 Å². The van der Waals surface area contributed by atoms with Crippen LogP contribution < -0.4 is 10.5 Å². The molecule has 84 valence electrons. The predicted octanol–water partition coefficient (Wildman–Crippen LogP) is 1.69. The van der Waals surface area contributed by atoms with Gasteiger partial charge in [0.25, 0.3) is 0 Å². The number of hydrogen-bond acceptors (Lipinski definition) is 3. The van der Waals surface area contributed by atoms with Gasteiger partial charge < -0.3 is 15.4 Å². The molecule has 0 aromatic heterocycles. The average molecular weight is 229 g/mol. The number of anilines is 1. The zero-order valence-electron chi connectivity index (χ0n) is 9.12. The number of halogens is 1. The van der Waals surface area contributed by atoms with E-state index in [9.17, 15) is 0 Å². The van der Waals surface area contributed by atoms with Crippen molar-refractivity contribution < 1.29 is 4.74 Å². The molecule has 3 nitrogen and oxygen atoms in total. The van der Waals surface area contributed by atoms with Crippen LogP contribution >= 0.6 is 12.4 Å². The Kier molecular flexibility index (Phi) is 3.83. The van der Waals surface area contributed by atoms with E-state index in [2.05, 4.69) is 18.0 Å². The number of nitrogen functional groups attached to an aromatic ring is 1. The SMILES string of the molecule is COc1cc2c(cc1N)CN(C)CC2.Cl. The van der Waals surface area contributed by atoms with Crippen molar-refractivity contribution in [3.8, 4) is 5.75 Å². The summed E-state index contributed by atoms with van der Waals surface area (Å²) in [6.45, 7) is 2.10. The first-order valence-electron chi connectivity index (χ1n) is 4.84. The van der Waals surface area contributed by atoms with Gasteiger partial charge in [0, 0.05) is 13.1 Å². The van der Waals surface area contributed by atoms with Gasteiger partial charge in [0.1, 0.15) is 5.75 Å². The van der Waals surface area contributed by atoms with Crippen LogP contribution in [0.15, 0.2) is 12.1 Å². The minimum absolute atomic E-state index is 0. The molecular formula is C11H17ClN2O. The highest BCUT2D eigenvalue weighted by Crippen LogP contribution is 2.28. The third-order valence-corrected chi connectivity index (χ3v) is 2.76. The fourth-order valence-corrected chi connectivity index (χ4v) is 1.92. The second-order valence-corrected chi connectivity index (χ2v) is 3.85. The molecule has 0 amide bonds. The second-order valence-electron chi connectivity index (χ2n) is 3.85. The van der Waals surface area contributed by atoms with Crippen molar-refractivity contribution in [1.82, 2.24) is 4.90 Å². The molecule has 0 bridgehead atoms. The van der Waals surface area contributed by atoms with E-state index in [1.165, 1.54) is 11.1 Å². The topological polar surface area (TPSA) is 38.5 Å². The highest BCUT2D eigenvalue weighted by molar-refractivity contribution is 5.85. The molecule has 2 N–H and O–H groups in total. The largest absolute Gasteiger partial charge is 0.495 e. The lowest BCUT2D eigenvalue weighted by Crippen LogP contribution is -2.26. The lowest BCUT2D eigenvalue weighted by molar-refractivity contribution is 0.312. The summed E-state index contributed by atoms with van der Waals surface area (Å²) in [6.07, 6.45) is 1.09. The molecule has 0 aliphatic carbocycles. The van der Waals surface area contributed by atoms with E-state index in [1.54, 1.807) is 7.11 Å². The number of nitrogens with zero attached hydrogens (tertiary/aromatic N) is 1. The Labute approximate surface area is 96.6 Å². The van der Waals surface area contributed by atoms with E-state index in [0.29, 0.717) is 0 Å². The van der Waals surface area contributed by atoms with Crippen molar-refractivity contribution >= 4 is 18.1 Å². The van der Waals surface area contributed by atoms with Crippen LogP contribution in [0.4, 0.5) is 5.69 Å². The molecular weight excluding hydrogens is 212 g/mol. The minimum Gasteiger partial charge on any atom is -0.495 e. The Morgan fingerprint density at radius 3 is 2.73 bits per heavy atom. The molecule has 0 saturated heterocycles. The van der Waals surface area contributed by atoms with Gasteiger partial charge in [0.2, 0.25) is 0 Å². The van der Waals surface area contributed by atoms with Crippen LogP contribution in [0.3, 0.4) is 0 Å². The van der Waals surface area contributed by atoms with Gasteiger partial charge in [-0.1, -0.05) is 0 Å². The number of benzene rings is 1. The van der Waals surface area contributed by atoms with E-state index < -0.39 is 0 Å². The van der Waals surface area contributed by atoms with Gasteiger partial charge in [-0.2, -0.15) is 0 Å². The van der Waals surface area contributed by atoms with Crippen LogP contribution in [0.5, 0.6) is 5.75 Å².